The van der Waals surface area contributed by atoms with Gasteiger partial charge in [0.15, 0.2) is 0 Å². The second-order valence-corrected chi connectivity index (χ2v) is 5.49. The molecular weight excluding hydrogens is 266 g/mol. The van der Waals surface area contributed by atoms with Crippen LogP contribution in [0, 0.1) is 17.6 Å². The average molecular weight is 282 g/mol. The zero-order chi connectivity index (χ0) is 15.1. The lowest BCUT2D eigenvalue weighted by molar-refractivity contribution is -0.131. The maximum absolute atomic E-state index is 13.9. The number of hydrogen-bond acceptors (Lipinski definition) is 2. The molecule has 4 nitrogen and oxygen atoms in total. The van der Waals surface area contributed by atoms with E-state index in [4.69, 9.17) is 0 Å². The van der Waals surface area contributed by atoms with Crippen LogP contribution in [-0.4, -0.2) is 23.4 Å². The molecular formula is C14H16F2N2O2. The molecule has 1 saturated heterocycles. The molecule has 1 heterocycles. The number of carbonyl (C=O) groups excluding carboxylic acids is 2. The molecule has 2 rings (SSSR count). The highest BCUT2D eigenvalue weighted by molar-refractivity contribution is 6.07. The Hall–Kier alpha value is -1.98. The van der Waals surface area contributed by atoms with Crippen molar-refractivity contribution in [1.82, 2.24) is 10.2 Å². The number of hydrogen-bond donors (Lipinski definition) is 1. The molecule has 1 atom stereocenters. The molecule has 108 valence electrons. The van der Waals surface area contributed by atoms with Crippen LogP contribution in [0.3, 0.4) is 0 Å². The third-order valence-corrected chi connectivity index (χ3v) is 3.29. The first kappa shape index (κ1) is 14.4. The number of benzene rings is 1. The smallest absolute Gasteiger partial charge is 0.319 e. The normalized spacial score (nSPS) is 22.6. The van der Waals surface area contributed by atoms with Gasteiger partial charge in [-0.1, -0.05) is 19.9 Å². The van der Waals surface area contributed by atoms with E-state index in [9.17, 15) is 18.4 Å². The topological polar surface area (TPSA) is 49.4 Å². The Morgan fingerprint density at radius 2 is 1.95 bits per heavy atom. The summed E-state index contributed by atoms with van der Waals surface area (Å²) < 4.78 is 26.8. The number of halogens is 2. The van der Waals surface area contributed by atoms with Crippen LogP contribution < -0.4 is 5.32 Å². The Morgan fingerprint density at radius 3 is 2.50 bits per heavy atom. The zero-order valence-electron chi connectivity index (χ0n) is 11.5. The molecule has 0 radical (unpaired) electrons. The minimum absolute atomic E-state index is 0.0384. The van der Waals surface area contributed by atoms with Crippen molar-refractivity contribution in [3.63, 3.8) is 0 Å². The van der Waals surface area contributed by atoms with Crippen molar-refractivity contribution in [2.24, 2.45) is 5.92 Å². The van der Waals surface area contributed by atoms with Crippen LogP contribution in [0.1, 0.15) is 26.3 Å². The van der Waals surface area contributed by atoms with Gasteiger partial charge in [0.25, 0.3) is 5.91 Å². The lowest BCUT2D eigenvalue weighted by atomic mass is 9.91. The molecule has 0 aromatic heterocycles. The van der Waals surface area contributed by atoms with Crippen molar-refractivity contribution >= 4 is 11.9 Å². The predicted molar refractivity (Wildman–Crippen MR) is 68.8 cm³/mol. The van der Waals surface area contributed by atoms with Gasteiger partial charge in [-0.15, -0.1) is 0 Å². The Bertz CT molecular complexity index is 574. The van der Waals surface area contributed by atoms with Crippen molar-refractivity contribution in [1.29, 1.82) is 0 Å². The quantitative estimate of drug-likeness (QED) is 0.865. The van der Waals surface area contributed by atoms with E-state index in [1.165, 1.54) is 13.0 Å². The van der Waals surface area contributed by atoms with Crippen molar-refractivity contribution in [2.75, 3.05) is 6.54 Å². The fraction of sp³-hybridized carbons (Fsp3) is 0.429. The van der Waals surface area contributed by atoms with Gasteiger partial charge in [-0.2, -0.15) is 0 Å². The van der Waals surface area contributed by atoms with E-state index in [-0.39, 0.29) is 18.0 Å². The van der Waals surface area contributed by atoms with Crippen LogP contribution in [-0.2, 0) is 10.3 Å². The molecule has 3 amide bonds. The Kier molecular flexibility index (Phi) is 3.50. The summed E-state index contributed by atoms with van der Waals surface area (Å²) in [4.78, 5) is 25.3. The van der Waals surface area contributed by atoms with Crippen LogP contribution in [0.5, 0.6) is 0 Å². The molecule has 0 unspecified atom stereocenters. The van der Waals surface area contributed by atoms with Gasteiger partial charge in [-0.3, -0.25) is 9.69 Å². The summed E-state index contributed by atoms with van der Waals surface area (Å²) in [6, 6.07) is 2.39. The van der Waals surface area contributed by atoms with Crippen molar-refractivity contribution in [2.45, 2.75) is 26.3 Å². The fourth-order valence-corrected chi connectivity index (χ4v) is 2.31. The zero-order valence-corrected chi connectivity index (χ0v) is 11.5. The van der Waals surface area contributed by atoms with Gasteiger partial charge in [0.2, 0.25) is 0 Å². The van der Waals surface area contributed by atoms with Crippen molar-refractivity contribution < 1.29 is 18.4 Å². The van der Waals surface area contributed by atoms with E-state index in [1.54, 1.807) is 0 Å². The SMILES string of the molecule is CC(C)CN1C(=O)N[C@](C)(c2ccc(F)cc2F)C1=O. The van der Waals surface area contributed by atoms with E-state index in [2.05, 4.69) is 5.32 Å². The van der Waals surface area contributed by atoms with Gasteiger partial charge in [0.05, 0.1) is 0 Å². The molecule has 0 bridgehead atoms. The average Bonchev–Trinajstić information content (AvgIpc) is 2.53. The van der Waals surface area contributed by atoms with E-state index in [1.807, 2.05) is 13.8 Å². The summed E-state index contributed by atoms with van der Waals surface area (Å²) in [5.41, 5.74) is -1.53. The molecule has 0 aliphatic carbocycles. The molecule has 6 heteroatoms. The third-order valence-electron chi connectivity index (χ3n) is 3.29. The van der Waals surface area contributed by atoms with Gasteiger partial charge in [0.1, 0.15) is 17.2 Å². The highest BCUT2D eigenvalue weighted by Gasteiger charge is 2.50. The number of rotatable bonds is 3. The molecule has 1 N–H and O–H groups in total. The summed E-state index contributed by atoms with van der Waals surface area (Å²) in [5.74, 6) is -2.01. The lowest BCUT2D eigenvalue weighted by Gasteiger charge is -2.23. The summed E-state index contributed by atoms with van der Waals surface area (Å²) in [5, 5.41) is 2.49. The number of nitrogens with one attached hydrogen (secondary N) is 1. The van der Waals surface area contributed by atoms with E-state index < -0.39 is 29.1 Å². The number of nitrogens with zero attached hydrogens (tertiary/aromatic N) is 1. The van der Waals surface area contributed by atoms with Gasteiger partial charge in [-0.25, -0.2) is 13.6 Å². The minimum atomic E-state index is -1.50. The highest BCUT2D eigenvalue weighted by Crippen LogP contribution is 2.31. The minimum Gasteiger partial charge on any atom is -0.319 e. The standard InChI is InChI=1S/C14H16F2N2O2/c1-8(2)7-18-12(19)14(3,17-13(18)20)10-5-4-9(15)6-11(10)16/h4-6,8H,7H2,1-3H3,(H,17,20)/t14-/m1/s1. The van der Waals surface area contributed by atoms with Crippen LogP contribution >= 0.6 is 0 Å². The second kappa shape index (κ2) is 4.85. The van der Waals surface area contributed by atoms with Crippen LogP contribution in [0.15, 0.2) is 18.2 Å². The van der Waals surface area contributed by atoms with E-state index >= 15 is 0 Å². The number of imide groups is 1. The van der Waals surface area contributed by atoms with Crippen molar-refractivity contribution in [3.05, 3.63) is 35.4 Å². The summed E-state index contributed by atoms with van der Waals surface area (Å²) in [7, 11) is 0. The molecule has 1 fully saturated rings. The highest BCUT2D eigenvalue weighted by atomic mass is 19.1. The number of carbonyl (C=O) groups is 2. The van der Waals surface area contributed by atoms with Gasteiger partial charge in [0, 0.05) is 18.2 Å². The van der Waals surface area contributed by atoms with Gasteiger partial charge < -0.3 is 5.32 Å². The first-order valence-electron chi connectivity index (χ1n) is 6.35. The summed E-state index contributed by atoms with van der Waals surface area (Å²) in [6.07, 6.45) is 0. The fourth-order valence-electron chi connectivity index (χ4n) is 2.31. The Morgan fingerprint density at radius 1 is 1.30 bits per heavy atom. The maximum atomic E-state index is 13.9. The largest absolute Gasteiger partial charge is 0.325 e. The number of amides is 3. The summed E-state index contributed by atoms with van der Waals surface area (Å²) >= 11 is 0. The van der Waals surface area contributed by atoms with Gasteiger partial charge >= 0.3 is 6.03 Å². The van der Waals surface area contributed by atoms with Crippen molar-refractivity contribution in [3.8, 4) is 0 Å². The Balaban J connectivity index is 2.41. The first-order valence-corrected chi connectivity index (χ1v) is 6.35. The molecule has 1 aliphatic heterocycles. The number of urea groups is 1. The molecule has 1 aromatic carbocycles. The molecule has 0 spiro atoms. The van der Waals surface area contributed by atoms with Crippen LogP contribution in [0.25, 0.3) is 0 Å². The lowest BCUT2D eigenvalue weighted by Crippen LogP contribution is -2.42. The monoisotopic (exact) mass is 282 g/mol. The van der Waals surface area contributed by atoms with Crippen LogP contribution in [0.2, 0.25) is 0 Å². The Labute approximate surface area is 115 Å². The molecule has 20 heavy (non-hydrogen) atoms. The molecule has 0 saturated carbocycles. The molecule has 1 aliphatic rings. The molecule has 1 aromatic rings. The third kappa shape index (κ3) is 2.26. The second-order valence-electron chi connectivity index (χ2n) is 5.49. The van der Waals surface area contributed by atoms with Crippen LogP contribution in [0.4, 0.5) is 13.6 Å². The van der Waals surface area contributed by atoms with E-state index in [0.29, 0.717) is 6.07 Å². The summed E-state index contributed by atoms with van der Waals surface area (Å²) in [6.45, 7) is 5.41. The van der Waals surface area contributed by atoms with Gasteiger partial charge in [-0.05, 0) is 18.9 Å². The van der Waals surface area contributed by atoms with E-state index in [0.717, 1.165) is 11.0 Å². The first-order chi connectivity index (χ1) is 9.25. The predicted octanol–water partition coefficient (Wildman–Crippen LogP) is 2.39. The maximum Gasteiger partial charge on any atom is 0.325 e.